The van der Waals surface area contributed by atoms with E-state index in [9.17, 15) is 0 Å². The maximum Gasteiger partial charge on any atom is 0.187 e. The van der Waals surface area contributed by atoms with Gasteiger partial charge in [-0.1, -0.05) is 36.8 Å². The lowest BCUT2D eigenvalue weighted by molar-refractivity contribution is 0.260. The van der Waals surface area contributed by atoms with Crippen LogP contribution >= 0.6 is 0 Å². The quantitative estimate of drug-likeness (QED) is 0.723. The fraction of sp³-hybridized carbons (Fsp3) is 0.333. The van der Waals surface area contributed by atoms with Crippen molar-refractivity contribution in [2.75, 3.05) is 26.1 Å². The van der Waals surface area contributed by atoms with Gasteiger partial charge in [-0.05, 0) is 30.5 Å². The molecule has 0 spiro atoms. The highest BCUT2D eigenvalue weighted by atomic mass is 16.5. The van der Waals surface area contributed by atoms with E-state index in [0.29, 0.717) is 11.5 Å². The molecule has 1 saturated carbocycles. The second kappa shape index (κ2) is 6.83. The van der Waals surface area contributed by atoms with E-state index < -0.39 is 0 Å². The predicted octanol–water partition coefficient (Wildman–Crippen LogP) is 4.18. The van der Waals surface area contributed by atoms with E-state index in [2.05, 4.69) is 45.6 Å². The van der Waals surface area contributed by atoms with Crippen molar-refractivity contribution in [3.05, 3.63) is 54.4 Å². The molecule has 1 aliphatic rings. The summed E-state index contributed by atoms with van der Waals surface area (Å²) in [6.07, 6.45) is 5.24. The molecule has 0 bridgehead atoms. The summed E-state index contributed by atoms with van der Waals surface area (Å²) in [7, 11) is 3.26. The van der Waals surface area contributed by atoms with Crippen molar-refractivity contribution in [3.63, 3.8) is 0 Å². The molecule has 0 atom stereocenters. The van der Waals surface area contributed by atoms with Crippen LogP contribution in [0.3, 0.4) is 0 Å². The SMILES string of the molecule is COc1ccc2c(NCC3(c4ccccc4)CCC3)ncnc2c1OC. The molecule has 2 aromatic carbocycles. The van der Waals surface area contributed by atoms with E-state index in [1.165, 1.54) is 24.8 Å². The molecule has 0 saturated heterocycles. The first-order valence-electron chi connectivity index (χ1n) is 8.92. The Hall–Kier alpha value is -2.82. The maximum atomic E-state index is 5.51. The lowest BCUT2D eigenvalue weighted by atomic mass is 9.64. The lowest BCUT2D eigenvalue weighted by Gasteiger charge is -2.42. The number of nitrogens with zero attached hydrogens (tertiary/aromatic N) is 2. The molecule has 5 nitrogen and oxygen atoms in total. The molecule has 0 radical (unpaired) electrons. The van der Waals surface area contributed by atoms with E-state index >= 15 is 0 Å². The number of methoxy groups -OCH3 is 2. The molecule has 0 amide bonds. The smallest absolute Gasteiger partial charge is 0.187 e. The Balaban J connectivity index is 1.66. The molecule has 1 heterocycles. The van der Waals surface area contributed by atoms with Gasteiger partial charge in [0.2, 0.25) is 0 Å². The summed E-state index contributed by atoms with van der Waals surface area (Å²) in [5.74, 6) is 2.14. The van der Waals surface area contributed by atoms with Gasteiger partial charge in [0.1, 0.15) is 17.7 Å². The van der Waals surface area contributed by atoms with Gasteiger partial charge < -0.3 is 14.8 Å². The van der Waals surface area contributed by atoms with Crippen molar-refractivity contribution in [2.45, 2.75) is 24.7 Å². The Kier molecular flexibility index (Phi) is 4.37. The number of anilines is 1. The Morgan fingerprint density at radius 1 is 1.00 bits per heavy atom. The van der Waals surface area contributed by atoms with Crippen LogP contribution in [0.1, 0.15) is 24.8 Å². The fourth-order valence-electron chi connectivity index (χ4n) is 3.80. The van der Waals surface area contributed by atoms with E-state index in [-0.39, 0.29) is 5.41 Å². The zero-order valence-electron chi connectivity index (χ0n) is 15.2. The van der Waals surface area contributed by atoms with Crippen molar-refractivity contribution in [2.24, 2.45) is 0 Å². The first-order valence-corrected chi connectivity index (χ1v) is 8.92. The molecule has 1 N–H and O–H groups in total. The molecule has 1 aliphatic carbocycles. The largest absolute Gasteiger partial charge is 0.493 e. The number of aromatic nitrogens is 2. The predicted molar refractivity (Wildman–Crippen MR) is 103 cm³/mol. The maximum absolute atomic E-state index is 5.51. The third-order valence-electron chi connectivity index (χ3n) is 5.44. The minimum Gasteiger partial charge on any atom is -0.493 e. The number of hydrogen-bond acceptors (Lipinski definition) is 5. The lowest BCUT2D eigenvalue weighted by Crippen LogP contribution is -2.41. The normalized spacial score (nSPS) is 15.3. The molecule has 0 aliphatic heterocycles. The van der Waals surface area contributed by atoms with Crippen molar-refractivity contribution in [3.8, 4) is 11.5 Å². The van der Waals surface area contributed by atoms with E-state index in [1.807, 2.05) is 12.1 Å². The van der Waals surface area contributed by atoms with Gasteiger partial charge in [0, 0.05) is 17.3 Å². The van der Waals surface area contributed by atoms with Gasteiger partial charge in [0.05, 0.1) is 14.2 Å². The molecule has 1 fully saturated rings. The molecule has 5 heteroatoms. The van der Waals surface area contributed by atoms with Crippen LogP contribution in [0, 0.1) is 0 Å². The van der Waals surface area contributed by atoms with Crippen LogP contribution in [0.4, 0.5) is 5.82 Å². The number of benzene rings is 2. The zero-order valence-corrected chi connectivity index (χ0v) is 15.2. The molecule has 3 aromatic rings. The Morgan fingerprint density at radius 2 is 1.81 bits per heavy atom. The summed E-state index contributed by atoms with van der Waals surface area (Å²) in [6.45, 7) is 0.859. The van der Waals surface area contributed by atoms with Crippen molar-refractivity contribution < 1.29 is 9.47 Å². The van der Waals surface area contributed by atoms with Gasteiger partial charge in [-0.25, -0.2) is 9.97 Å². The Morgan fingerprint density at radius 3 is 2.46 bits per heavy atom. The first-order chi connectivity index (χ1) is 12.8. The average molecular weight is 349 g/mol. The van der Waals surface area contributed by atoms with Crippen LogP contribution in [0.5, 0.6) is 11.5 Å². The van der Waals surface area contributed by atoms with Gasteiger partial charge in [-0.2, -0.15) is 0 Å². The van der Waals surface area contributed by atoms with E-state index in [4.69, 9.17) is 9.47 Å². The molecular weight excluding hydrogens is 326 g/mol. The van der Waals surface area contributed by atoms with E-state index in [1.54, 1.807) is 20.5 Å². The van der Waals surface area contributed by atoms with Crippen LogP contribution in [-0.4, -0.2) is 30.7 Å². The van der Waals surface area contributed by atoms with Crippen molar-refractivity contribution in [1.82, 2.24) is 9.97 Å². The molecule has 1 aromatic heterocycles. The number of fused-ring (bicyclic) bond motifs is 1. The summed E-state index contributed by atoms with van der Waals surface area (Å²) < 4.78 is 10.9. The second-order valence-corrected chi connectivity index (χ2v) is 6.77. The first kappa shape index (κ1) is 16.6. The van der Waals surface area contributed by atoms with Crippen LogP contribution in [0.2, 0.25) is 0 Å². The number of rotatable bonds is 6. The summed E-state index contributed by atoms with van der Waals surface area (Å²) in [4.78, 5) is 8.88. The Labute approximate surface area is 153 Å². The second-order valence-electron chi connectivity index (χ2n) is 6.77. The fourth-order valence-corrected chi connectivity index (χ4v) is 3.80. The summed E-state index contributed by atoms with van der Waals surface area (Å²) in [5.41, 5.74) is 2.35. The van der Waals surface area contributed by atoms with Crippen molar-refractivity contribution in [1.29, 1.82) is 0 Å². The van der Waals surface area contributed by atoms with Crippen LogP contribution in [0.25, 0.3) is 10.9 Å². The van der Waals surface area contributed by atoms with Gasteiger partial charge in [0.25, 0.3) is 0 Å². The summed E-state index contributed by atoms with van der Waals surface area (Å²) in [5, 5.41) is 4.51. The van der Waals surface area contributed by atoms with Gasteiger partial charge in [-0.3, -0.25) is 0 Å². The minimum absolute atomic E-state index is 0.190. The van der Waals surface area contributed by atoms with E-state index in [0.717, 1.165) is 23.3 Å². The third kappa shape index (κ3) is 2.73. The minimum atomic E-state index is 0.190. The highest BCUT2D eigenvalue weighted by Crippen LogP contribution is 2.44. The van der Waals surface area contributed by atoms with Gasteiger partial charge in [0.15, 0.2) is 11.5 Å². The molecular formula is C21H23N3O2. The zero-order chi connectivity index (χ0) is 18.0. The Bertz CT molecular complexity index is 908. The number of ether oxygens (including phenoxy) is 2. The molecule has 134 valence electrons. The number of hydrogen-bond donors (Lipinski definition) is 1. The monoisotopic (exact) mass is 349 g/mol. The van der Waals surface area contributed by atoms with Crippen LogP contribution in [0.15, 0.2) is 48.8 Å². The number of nitrogens with one attached hydrogen (secondary N) is 1. The molecule has 26 heavy (non-hydrogen) atoms. The van der Waals surface area contributed by atoms with Gasteiger partial charge in [-0.15, -0.1) is 0 Å². The van der Waals surface area contributed by atoms with Crippen molar-refractivity contribution >= 4 is 16.7 Å². The van der Waals surface area contributed by atoms with Gasteiger partial charge >= 0.3 is 0 Å². The molecule has 0 unspecified atom stereocenters. The summed E-state index contributed by atoms with van der Waals surface area (Å²) >= 11 is 0. The highest BCUT2D eigenvalue weighted by molar-refractivity contribution is 5.94. The molecule has 4 rings (SSSR count). The average Bonchev–Trinajstić information content (AvgIpc) is 2.67. The highest BCUT2D eigenvalue weighted by Gasteiger charge is 2.38. The summed E-state index contributed by atoms with van der Waals surface area (Å²) in [6, 6.07) is 14.6. The standard InChI is InChI=1S/C21H23N3O2/c1-25-17-10-9-16-18(19(17)26-2)23-14-24-20(16)22-13-21(11-6-12-21)15-7-4-3-5-8-15/h3-5,7-10,14H,6,11-13H2,1-2H3,(H,22,23,24). The third-order valence-corrected chi connectivity index (χ3v) is 5.44. The topological polar surface area (TPSA) is 56.3 Å². The van der Waals surface area contributed by atoms with Crippen LogP contribution < -0.4 is 14.8 Å². The van der Waals surface area contributed by atoms with Crippen LogP contribution in [-0.2, 0) is 5.41 Å².